The maximum Gasteiger partial charge on any atom is 0.200 e. The van der Waals surface area contributed by atoms with E-state index >= 15 is 0 Å². The van der Waals surface area contributed by atoms with Crippen LogP contribution < -0.4 is 0 Å². The van der Waals surface area contributed by atoms with Gasteiger partial charge in [-0.05, 0) is 24.6 Å². The summed E-state index contributed by atoms with van der Waals surface area (Å²) < 4.78 is 23.4. The third kappa shape index (κ3) is 1.93. The fraction of sp³-hybridized carbons (Fsp3) is 0.0909. The lowest BCUT2D eigenvalue weighted by atomic mass is 10.2. The number of aryl methyl sites for hydroxylation is 1. The van der Waals surface area contributed by atoms with Gasteiger partial charge in [-0.2, -0.15) is 0 Å². The molecule has 0 fully saturated rings. The summed E-state index contributed by atoms with van der Waals surface area (Å²) in [6.07, 6.45) is 3.54. The molecule has 0 unspecified atom stereocenters. The van der Waals surface area contributed by atoms with Gasteiger partial charge in [0, 0.05) is 5.41 Å². The number of hydrogen-bond acceptors (Lipinski definition) is 2. The van der Waals surface area contributed by atoms with Crippen LogP contribution in [-0.4, -0.2) is 8.42 Å². The number of allylic oxidation sites excluding steroid dienone is 3. The summed E-state index contributed by atoms with van der Waals surface area (Å²) in [7, 11) is -3.24. The Labute approximate surface area is 83.5 Å². The normalized spacial score (nSPS) is 14.2. The fourth-order valence-electron chi connectivity index (χ4n) is 1.10. The Balaban J connectivity index is 2.39. The Hall–Kier alpha value is -1.35. The van der Waals surface area contributed by atoms with Crippen molar-refractivity contribution >= 4 is 9.84 Å². The smallest absolute Gasteiger partial charge is 0.200 e. The lowest BCUT2D eigenvalue weighted by Gasteiger charge is -1.98. The van der Waals surface area contributed by atoms with E-state index in [0.29, 0.717) is 4.90 Å². The average molecular weight is 206 g/mol. The van der Waals surface area contributed by atoms with Gasteiger partial charge in [0.25, 0.3) is 0 Å². The van der Waals surface area contributed by atoms with Crippen molar-refractivity contribution < 1.29 is 8.42 Å². The first-order chi connectivity index (χ1) is 6.58. The first-order valence-electron chi connectivity index (χ1n) is 4.29. The Morgan fingerprint density at radius 2 is 1.64 bits per heavy atom. The highest BCUT2D eigenvalue weighted by Crippen LogP contribution is 2.20. The van der Waals surface area contributed by atoms with Gasteiger partial charge >= 0.3 is 0 Å². The van der Waals surface area contributed by atoms with Gasteiger partial charge in [0.2, 0.25) is 0 Å². The number of sulfone groups is 1. The molecule has 0 radical (unpaired) electrons. The molecule has 1 aromatic carbocycles. The molecular formula is C11H10O2S. The first kappa shape index (κ1) is 9.21. The van der Waals surface area contributed by atoms with E-state index < -0.39 is 9.84 Å². The Morgan fingerprint density at radius 1 is 1.07 bits per heavy atom. The second-order valence-corrected chi connectivity index (χ2v) is 5.11. The van der Waals surface area contributed by atoms with Crippen LogP contribution in [0.5, 0.6) is 0 Å². The highest BCUT2D eigenvalue weighted by molar-refractivity contribution is 7.94. The summed E-state index contributed by atoms with van der Waals surface area (Å²) in [4.78, 5) is 0.351. The molecule has 0 heterocycles. The molecule has 0 amide bonds. The van der Waals surface area contributed by atoms with E-state index in [1.807, 2.05) is 6.92 Å². The summed E-state index contributed by atoms with van der Waals surface area (Å²) >= 11 is 0. The zero-order valence-corrected chi connectivity index (χ0v) is 8.58. The highest BCUT2D eigenvalue weighted by Gasteiger charge is 2.13. The van der Waals surface area contributed by atoms with E-state index in [0.717, 1.165) is 11.1 Å². The van der Waals surface area contributed by atoms with Gasteiger partial charge in [-0.25, -0.2) is 8.42 Å². The van der Waals surface area contributed by atoms with Crippen molar-refractivity contribution in [2.24, 2.45) is 0 Å². The predicted molar refractivity (Wildman–Crippen MR) is 55.6 cm³/mol. The molecular weight excluding hydrogens is 196 g/mol. The molecule has 0 atom stereocenters. The standard InChI is InChI=1S/C11H10O2S/c1-9-2-6-11(7-3-9)14(12,13)8-10-4-5-10/h2-8H,1H3. The molecule has 0 saturated heterocycles. The van der Waals surface area contributed by atoms with Crippen LogP contribution in [0.25, 0.3) is 0 Å². The Morgan fingerprint density at radius 3 is 2.14 bits per heavy atom. The molecule has 14 heavy (non-hydrogen) atoms. The fourth-order valence-corrected chi connectivity index (χ4v) is 2.27. The van der Waals surface area contributed by atoms with Crippen LogP contribution >= 0.6 is 0 Å². The van der Waals surface area contributed by atoms with Crippen LogP contribution in [0, 0.1) is 6.92 Å². The minimum absolute atomic E-state index is 0.351. The topological polar surface area (TPSA) is 34.1 Å². The molecule has 0 N–H and O–H groups in total. The Kier molecular flexibility index (Phi) is 2.04. The van der Waals surface area contributed by atoms with Crippen molar-refractivity contribution in [2.45, 2.75) is 11.8 Å². The SMILES string of the molecule is Cc1ccc(S(=O)(=O)C=C2C=C2)cc1. The van der Waals surface area contributed by atoms with Crippen LogP contribution in [0.1, 0.15) is 5.56 Å². The minimum atomic E-state index is -3.24. The molecule has 1 aliphatic carbocycles. The molecule has 2 rings (SSSR count). The van der Waals surface area contributed by atoms with E-state index in [4.69, 9.17) is 0 Å². The number of benzene rings is 1. The first-order valence-corrected chi connectivity index (χ1v) is 5.84. The number of rotatable bonds is 2. The molecule has 0 aromatic heterocycles. The average Bonchev–Trinajstić information content (AvgIpc) is 2.88. The van der Waals surface area contributed by atoms with Gasteiger partial charge in [-0.1, -0.05) is 29.8 Å². The quantitative estimate of drug-likeness (QED) is 0.743. The summed E-state index contributed by atoms with van der Waals surface area (Å²) in [6.45, 7) is 1.93. The highest BCUT2D eigenvalue weighted by atomic mass is 32.2. The molecule has 0 spiro atoms. The summed E-state index contributed by atoms with van der Waals surface area (Å²) in [6, 6.07) is 6.85. The van der Waals surface area contributed by atoms with E-state index in [-0.39, 0.29) is 0 Å². The zero-order valence-electron chi connectivity index (χ0n) is 7.77. The molecule has 1 aromatic rings. The van der Waals surface area contributed by atoms with Crippen molar-refractivity contribution in [1.82, 2.24) is 0 Å². The maximum absolute atomic E-state index is 11.7. The molecule has 72 valence electrons. The number of hydrogen-bond donors (Lipinski definition) is 0. The van der Waals surface area contributed by atoms with Gasteiger partial charge in [0.05, 0.1) is 4.90 Å². The van der Waals surface area contributed by atoms with Crippen LogP contribution in [0.3, 0.4) is 0 Å². The van der Waals surface area contributed by atoms with Gasteiger partial charge in [0.15, 0.2) is 9.84 Å². The Bertz CT molecular complexity index is 497. The summed E-state index contributed by atoms with van der Waals surface area (Å²) in [5, 5.41) is 1.29. The van der Waals surface area contributed by atoms with Crippen LogP contribution in [0.15, 0.2) is 52.3 Å². The van der Waals surface area contributed by atoms with E-state index in [9.17, 15) is 8.42 Å². The zero-order chi connectivity index (χ0) is 10.2. The molecule has 3 heteroatoms. The van der Waals surface area contributed by atoms with Gasteiger partial charge in [0.1, 0.15) is 0 Å². The lowest BCUT2D eigenvalue weighted by molar-refractivity contribution is 0.604. The lowest BCUT2D eigenvalue weighted by Crippen LogP contribution is -1.95. The van der Waals surface area contributed by atoms with Crippen molar-refractivity contribution in [3.63, 3.8) is 0 Å². The third-order valence-corrected chi connectivity index (χ3v) is 3.51. The van der Waals surface area contributed by atoms with Crippen LogP contribution in [0.4, 0.5) is 0 Å². The summed E-state index contributed by atoms with van der Waals surface area (Å²) in [5.74, 6) is 0. The predicted octanol–water partition coefficient (Wildman–Crippen LogP) is 2.22. The van der Waals surface area contributed by atoms with Crippen LogP contribution in [0.2, 0.25) is 0 Å². The van der Waals surface area contributed by atoms with E-state index in [2.05, 4.69) is 0 Å². The maximum atomic E-state index is 11.7. The van der Waals surface area contributed by atoms with Gasteiger partial charge < -0.3 is 0 Å². The van der Waals surface area contributed by atoms with Crippen molar-refractivity contribution in [3.05, 3.63) is 53.0 Å². The summed E-state index contributed by atoms with van der Waals surface area (Å²) in [5.41, 5.74) is 1.84. The van der Waals surface area contributed by atoms with Gasteiger partial charge in [-0.3, -0.25) is 0 Å². The molecule has 0 saturated carbocycles. The second kappa shape index (κ2) is 3.10. The monoisotopic (exact) mass is 206 g/mol. The van der Waals surface area contributed by atoms with Crippen molar-refractivity contribution in [2.75, 3.05) is 0 Å². The van der Waals surface area contributed by atoms with Crippen molar-refractivity contribution in [3.8, 4) is 0 Å². The van der Waals surface area contributed by atoms with E-state index in [1.54, 1.807) is 36.4 Å². The van der Waals surface area contributed by atoms with E-state index in [1.165, 1.54) is 5.41 Å². The minimum Gasteiger partial charge on any atom is -0.219 e. The second-order valence-electron chi connectivity index (χ2n) is 3.31. The van der Waals surface area contributed by atoms with Crippen molar-refractivity contribution in [1.29, 1.82) is 0 Å². The third-order valence-electron chi connectivity index (χ3n) is 2.00. The molecule has 1 aliphatic rings. The largest absolute Gasteiger partial charge is 0.219 e. The molecule has 0 bridgehead atoms. The molecule has 2 nitrogen and oxygen atoms in total. The van der Waals surface area contributed by atoms with Crippen LogP contribution in [-0.2, 0) is 9.84 Å². The van der Waals surface area contributed by atoms with Gasteiger partial charge in [-0.15, -0.1) is 0 Å². The molecule has 0 aliphatic heterocycles.